The van der Waals surface area contributed by atoms with Gasteiger partial charge in [-0.2, -0.15) is 0 Å². The molecule has 0 spiro atoms. The standard InChI is InChI=1S/C7H12N6/c8-5-2-1-4(3-5)6-11-12-7(9)13(6)10/h1-2,4-5H,3,8,10H2,(H2,9,12). The normalized spacial score (nSPS) is 26.8. The Bertz CT molecular complexity index is 341. The van der Waals surface area contributed by atoms with Gasteiger partial charge in [0.15, 0.2) is 5.82 Å². The molecule has 0 saturated carbocycles. The first-order valence-electron chi connectivity index (χ1n) is 4.08. The molecule has 1 aromatic heterocycles. The maximum atomic E-state index is 5.70. The van der Waals surface area contributed by atoms with Crippen molar-refractivity contribution in [1.82, 2.24) is 14.9 Å². The van der Waals surface area contributed by atoms with E-state index < -0.39 is 0 Å². The van der Waals surface area contributed by atoms with Crippen LogP contribution in [-0.4, -0.2) is 20.9 Å². The summed E-state index contributed by atoms with van der Waals surface area (Å²) in [5, 5.41) is 7.56. The van der Waals surface area contributed by atoms with Gasteiger partial charge in [0.25, 0.3) is 0 Å². The van der Waals surface area contributed by atoms with Crippen molar-refractivity contribution in [3.63, 3.8) is 0 Å². The largest absolute Gasteiger partial charge is 0.366 e. The quantitative estimate of drug-likeness (QED) is 0.377. The predicted molar refractivity (Wildman–Crippen MR) is 49.1 cm³/mol. The van der Waals surface area contributed by atoms with Crippen molar-refractivity contribution in [2.45, 2.75) is 18.4 Å². The fourth-order valence-corrected chi connectivity index (χ4v) is 1.49. The first-order valence-corrected chi connectivity index (χ1v) is 4.08. The van der Waals surface area contributed by atoms with Crippen LogP contribution in [0.3, 0.4) is 0 Å². The molecule has 6 heteroatoms. The van der Waals surface area contributed by atoms with Crippen molar-refractivity contribution in [3.8, 4) is 0 Å². The van der Waals surface area contributed by atoms with Crippen molar-refractivity contribution in [2.75, 3.05) is 11.6 Å². The molecule has 0 fully saturated rings. The van der Waals surface area contributed by atoms with Crippen LogP contribution in [0.5, 0.6) is 0 Å². The highest BCUT2D eigenvalue weighted by Crippen LogP contribution is 2.25. The summed E-state index contributed by atoms with van der Waals surface area (Å²) in [4.78, 5) is 0. The molecule has 0 amide bonds. The summed E-state index contributed by atoms with van der Waals surface area (Å²) < 4.78 is 1.30. The Kier molecular flexibility index (Phi) is 1.70. The number of nitrogen functional groups attached to an aromatic ring is 2. The van der Waals surface area contributed by atoms with Gasteiger partial charge in [-0.3, -0.25) is 0 Å². The summed E-state index contributed by atoms with van der Waals surface area (Å²) in [6.07, 6.45) is 4.74. The lowest BCUT2D eigenvalue weighted by Crippen LogP contribution is -2.19. The number of anilines is 1. The molecule has 0 aliphatic heterocycles. The third-order valence-corrected chi connectivity index (χ3v) is 2.20. The van der Waals surface area contributed by atoms with Gasteiger partial charge in [0.2, 0.25) is 5.95 Å². The van der Waals surface area contributed by atoms with Gasteiger partial charge in [0.05, 0.1) is 0 Å². The lowest BCUT2D eigenvalue weighted by atomic mass is 10.1. The summed E-state index contributed by atoms with van der Waals surface area (Å²) in [7, 11) is 0. The molecular weight excluding hydrogens is 168 g/mol. The van der Waals surface area contributed by atoms with Gasteiger partial charge < -0.3 is 17.3 Å². The Hall–Kier alpha value is -1.56. The van der Waals surface area contributed by atoms with E-state index in [9.17, 15) is 0 Å². The Balaban J connectivity index is 2.27. The maximum Gasteiger partial charge on any atom is 0.240 e. The average Bonchev–Trinajstić information content (AvgIpc) is 2.62. The number of hydrogen-bond acceptors (Lipinski definition) is 5. The lowest BCUT2D eigenvalue weighted by Gasteiger charge is -2.07. The molecule has 1 aliphatic carbocycles. The van der Waals surface area contributed by atoms with E-state index in [2.05, 4.69) is 10.2 Å². The van der Waals surface area contributed by atoms with Gasteiger partial charge in [-0.1, -0.05) is 12.2 Å². The van der Waals surface area contributed by atoms with Crippen LogP contribution < -0.4 is 17.3 Å². The molecule has 1 heterocycles. The molecule has 13 heavy (non-hydrogen) atoms. The molecule has 0 bridgehead atoms. The highest BCUT2D eigenvalue weighted by Gasteiger charge is 2.22. The number of nitrogens with two attached hydrogens (primary N) is 3. The van der Waals surface area contributed by atoms with Crippen LogP contribution in [-0.2, 0) is 0 Å². The summed E-state index contributed by atoms with van der Waals surface area (Å²) in [5.41, 5.74) is 11.2. The van der Waals surface area contributed by atoms with Crippen LogP contribution in [0.4, 0.5) is 5.95 Å². The number of allylic oxidation sites excluding steroid dienone is 1. The fourth-order valence-electron chi connectivity index (χ4n) is 1.49. The smallest absolute Gasteiger partial charge is 0.240 e. The van der Waals surface area contributed by atoms with Crippen LogP contribution in [0.25, 0.3) is 0 Å². The molecule has 0 radical (unpaired) electrons. The highest BCUT2D eigenvalue weighted by atomic mass is 15.4. The first-order chi connectivity index (χ1) is 6.18. The van der Waals surface area contributed by atoms with E-state index in [1.165, 1.54) is 4.68 Å². The van der Waals surface area contributed by atoms with Crippen LogP contribution in [0.2, 0.25) is 0 Å². The lowest BCUT2D eigenvalue weighted by molar-refractivity contribution is 0.659. The Morgan fingerprint density at radius 2 is 2.15 bits per heavy atom. The second-order valence-corrected chi connectivity index (χ2v) is 3.18. The summed E-state index contributed by atoms with van der Waals surface area (Å²) in [6, 6.07) is 0.0860. The summed E-state index contributed by atoms with van der Waals surface area (Å²) in [5.74, 6) is 6.66. The van der Waals surface area contributed by atoms with E-state index in [4.69, 9.17) is 17.3 Å². The SMILES string of the molecule is Nc1nnc(C2C=CC(N)C2)n1N. The van der Waals surface area contributed by atoms with E-state index in [1.54, 1.807) is 0 Å². The number of hydrogen-bond donors (Lipinski definition) is 3. The van der Waals surface area contributed by atoms with Gasteiger partial charge in [0.1, 0.15) is 0 Å². The van der Waals surface area contributed by atoms with Gasteiger partial charge in [-0.15, -0.1) is 10.2 Å². The minimum Gasteiger partial charge on any atom is -0.366 e. The second kappa shape index (κ2) is 2.74. The molecule has 1 aromatic rings. The molecule has 0 saturated heterocycles. The Morgan fingerprint density at radius 1 is 1.38 bits per heavy atom. The molecule has 2 atom stereocenters. The van der Waals surface area contributed by atoms with E-state index in [0.29, 0.717) is 5.82 Å². The second-order valence-electron chi connectivity index (χ2n) is 3.18. The number of rotatable bonds is 1. The predicted octanol–water partition coefficient (Wildman–Crippen LogP) is -1.06. The van der Waals surface area contributed by atoms with Crippen molar-refractivity contribution >= 4 is 5.95 Å². The van der Waals surface area contributed by atoms with Crippen LogP contribution in [0, 0.1) is 0 Å². The van der Waals surface area contributed by atoms with Crippen molar-refractivity contribution in [1.29, 1.82) is 0 Å². The van der Waals surface area contributed by atoms with E-state index >= 15 is 0 Å². The zero-order valence-corrected chi connectivity index (χ0v) is 7.09. The molecule has 2 rings (SSSR count). The monoisotopic (exact) mass is 180 g/mol. The maximum absolute atomic E-state index is 5.70. The molecule has 6 N–H and O–H groups in total. The fraction of sp³-hybridized carbons (Fsp3) is 0.429. The zero-order chi connectivity index (χ0) is 9.42. The van der Waals surface area contributed by atoms with Gasteiger partial charge in [0, 0.05) is 12.0 Å². The van der Waals surface area contributed by atoms with Gasteiger partial charge >= 0.3 is 0 Å². The van der Waals surface area contributed by atoms with Crippen molar-refractivity contribution in [3.05, 3.63) is 18.0 Å². The highest BCUT2D eigenvalue weighted by molar-refractivity contribution is 5.24. The van der Waals surface area contributed by atoms with Crippen molar-refractivity contribution in [2.24, 2.45) is 5.73 Å². The number of aromatic nitrogens is 3. The summed E-state index contributed by atoms with van der Waals surface area (Å²) in [6.45, 7) is 0. The molecule has 70 valence electrons. The minimum absolute atomic E-state index is 0.0860. The van der Waals surface area contributed by atoms with Crippen molar-refractivity contribution < 1.29 is 0 Å². The topological polar surface area (TPSA) is 109 Å². The minimum atomic E-state index is 0.0860. The molecule has 2 unspecified atom stereocenters. The zero-order valence-electron chi connectivity index (χ0n) is 7.09. The molecule has 1 aliphatic rings. The van der Waals surface area contributed by atoms with Crippen LogP contribution in [0.1, 0.15) is 18.2 Å². The Labute approximate surface area is 75.4 Å². The number of nitrogens with zero attached hydrogens (tertiary/aromatic N) is 3. The third kappa shape index (κ3) is 1.25. The van der Waals surface area contributed by atoms with Crippen LogP contribution >= 0.6 is 0 Å². The Morgan fingerprint density at radius 3 is 2.62 bits per heavy atom. The van der Waals surface area contributed by atoms with Crippen LogP contribution in [0.15, 0.2) is 12.2 Å². The van der Waals surface area contributed by atoms with Gasteiger partial charge in [-0.25, -0.2) is 4.68 Å². The first kappa shape index (κ1) is 8.06. The van der Waals surface area contributed by atoms with E-state index in [0.717, 1.165) is 6.42 Å². The molecule has 0 aromatic carbocycles. The third-order valence-electron chi connectivity index (χ3n) is 2.20. The average molecular weight is 180 g/mol. The summed E-state index contributed by atoms with van der Waals surface area (Å²) >= 11 is 0. The molecule has 6 nitrogen and oxygen atoms in total. The molecular formula is C7H12N6. The van der Waals surface area contributed by atoms with Gasteiger partial charge in [-0.05, 0) is 6.42 Å². The van der Waals surface area contributed by atoms with E-state index in [-0.39, 0.29) is 17.9 Å². The van der Waals surface area contributed by atoms with E-state index in [1.807, 2.05) is 12.2 Å².